The average Bonchev–Trinajstić information content (AvgIpc) is 2.92. The Morgan fingerprint density at radius 1 is 1.40 bits per heavy atom. The van der Waals surface area contributed by atoms with Gasteiger partial charge in [-0.3, -0.25) is 0 Å². The third-order valence-corrected chi connectivity index (χ3v) is 4.04. The lowest BCUT2D eigenvalue weighted by Gasteiger charge is -2.12. The second-order valence-electron chi connectivity index (χ2n) is 4.59. The van der Waals surface area contributed by atoms with E-state index in [1.54, 1.807) is 0 Å². The van der Waals surface area contributed by atoms with E-state index < -0.39 is 11.6 Å². The molecular formula is C13H14BrF2N3O. The van der Waals surface area contributed by atoms with Crippen LogP contribution in [-0.2, 0) is 0 Å². The summed E-state index contributed by atoms with van der Waals surface area (Å²) in [5.41, 5.74) is 6.31. The first-order valence-corrected chi connectivity index (χ1v) is 6.98. The first-order valence-electron chi connectivity index (χ1n) is 6.18. The molecule has 0 aliphatic heterocycles. The summed E-state index contributed by atoms with van der Waals surface area (Å²) >= 11 is 2.99. The molecular weight excluding hydrogens is 332 g/mol. The molecule has 0 aliphatic rings. The fourth-order valence-corrected chi connectivity index (χ4v) is 2.17. The van der Waals surface area contributed by atoms with Crippen LogP contribution < -0.4 is 5.73 Å². The minimum absolute atomic E-state index is 0.0399. The van der Waals surface area contributed by atoms with Gasteiger partial charge in [0, 0.05) is 5.56 Å². The lowest BCUT2D eigenvalue weighted by atomic mass is 10.0. The van der Waals surface area contributed by atoms with Gasteiger partial charge in [0.15, 0.2) is 11.6 Å². The Bertz CT molecular complexity index is 618. The Kier molecular flexibility index (Phi) is 4.49. The standard InChI is InChI=1S/C13H14BrF2N3O/c1-3-6(2)11(17)13-18-12(19-20-13)7-4-5-8(15)10(16)9(7)14/h4-6,11H,3,17H2,1-2H3/t6-,11-/m0/s1. The van der Waals surface area contributed by atoms with Crippen molar-refractivity contribution >= 4 is 15.9 Å². The number of nitrogens with zero attached hydrogens (tertiary/aromatic N) is 2. The van der Waals surface area contributed by atoms with E-state index in [1.165, 1.54) is 6.07 Å². The molecule has 2 atom stereocenters. The molecule has 0 amide bonds. The summed E-state index contributed by atoms with van der Waals surface area (Å²) in [5, 5.41) is 3.77. The molecule has 1 aromatic heterocycles. The van der Waals surface area contributed by atoms with Crippen molar-refractivity contribution in [2.75, 3.05) is 0 Å². The number of halogens is 3. The summed E-state index contributed by atoms with van der Waals surface area (Å²) in [6.45, 7) is 3.98. The number of benzene rings is 1. The maximum atomic E-state index is 13.5. The van der Waals surface area contributed by atoms with Crippen LogP contribution >= 0.6 is 15.9 Å². The summed E-state index contributed by atoms with van der Waals surface area (Å²) in [7, 11) is 0. The quantitative estimate of drug-likeness (QED) is 0.855. The fourth-order valence-electron chi connectivity index (χ4n) is 1.68. The summed E-state index contributed by atoms with van der Waals surface area (Å²) in [6.07, 6.45) is 0.869. The highest BCUT2D eigenvalue weighted by molar-refractivity contribution is 9.10. The monoisotopic (exact) mass is 345 g/mol. The van der Waals surface area contributed by atoms with E-state index in [2.05, 4.69) is 26.1 Å². The molecule has 0 saturated carbocycles. The number of rotatable bonds is 4. The van der Waals surface area contributed by atoms with Gasteiger partial charge in [0.05, 0.1) is 10.5 Å². The van der Waals surface area contributed by atoms with Crippen LogP contribution in [0.1, 0.15) is 32.2 Å². The largest absolute Gasteiger partial charge is 0.337 e. The summed E-state index contributed by atoms with van der Waals surface area (Å²) in [6, 6.07) is 2.01. The normalized spacial score (nSPS) is 14.3. The van der Waals surface area contributed by atoms with Crippen LogP contribution in [0, 0.1) is 17.6 Å². The highest BCUT2D eigenvalue weighted by atomic mass is 79.9. The van der Waals surface area contributed by atoms with Crippen LogP contribution in [0.4, 0.5) is 8.78 Å². The van der Waals surface area contributed by atoms with Gasteiger partial charge in [-0.2, -0.15) is 4.98 Å². The molecule has 20 heavy (non-hydrogen) atoms. The lowest BCUT2D eigenvalue weighted by Crippen LogP contribution is -2.18. The van der Waals surface area contributed by atoms with Crippen molar-refractivity contribution in [3.05, 3.63) is 34.1 Å². The van der Waals surface area contributed by atoms with Crippen LogP contribution in [0.15, 0.2) is 21.1 Å². The molecule has 2 N–H and O–H groups in total. The van der Waals surface area contributed by atoms with Crippen LogP contribution in [0.2, 0.25) is 0 Å². The maximum absolute atomic E-state index is 13.5. The van der Waals surface area contributed by atoms with Crippen LogP contribution in [-0.4, -0.2) is 10.1 Å². The minimum atomic E-state index is -0.986. The number of hydrogen-bond donors (Lipinski definition) is 1. The van der Waals surface area contributed by atoms with Gasteiger partial charge < -0.3 is 10.3 Å². The average molecular weight is 346 g/mol. The van der Waals surface area contributed by atoms with Gasteiger partial charge in [0.2, 0.25) is 11.7 Å². The first-order chi connectivity index (χ1) is 9.45. The Morgan fingerprint density at radius 2 is 2.10 bits per heavy atom. The van der Waals surface area contributed by atoms with Gasteiger partial charge in [-0.1, -0.05) is 25.4 Å². The van der Waals surface area contributed by atoms with Crippen molar-refractivity contribution in [1.82, 2.24) is 10.1 Å². The van der Waals surface area contributed by atoms with Gasteiger partial charge in [-0.25, -0.2) is 8.78 Å². The molecule has 0 saturated heterocycles. The SMILES string of the molecule is CC[C@H](C)[C@H](N)c1nc(-c2ccc(F)c(F)c2Br)no1. The van der Waals surface area contributed by atoms with Gasteiger partial charge in [0.1, 0.15) is 0 Å². The van der Waals surface area contributed by atoms with Crippen molar-refractivity contribution in [2.45, 2.75) is 26.3 Å². The summed E-state index contributed by atoms with van der Waals surface area (Å²) in [5.74, 6) is -1.30. The molecule has 2 rings (SSSR count). The zero-order valence-electron chi connectivity index (χ0n) is 11.0. The fraction of sp³-hybridized carbons (Fsp3) is 0.385. The number of aromatic nitrogens is 2. The summed E-state index contributed by atoms with van der Waals surface area (Å²) in [4.78, 5) is 4.16. The minimum Gasteiger partial charge on any atom is -0.337 e. The predicted molar refractivity (Wildman–Crippen MR) is 73.7 cm³/mol. The zero-order chi connectivity index (χ0) is 14.9. The van der Waals surface area contributed by atoms with E-state index in [0.29, 0.717) is 5.56 Å². The van der Waals surface area contributed by atoms with E-state index in [0.717, 1.165) is 12.5 Å². The zero-order valence-corrected chi connectivity index (χ0v) is 12.6. The smallest absolute Gasteiger partial charge is 0.244 e. The molecule has 1 aromatic carbocycles. The van der Waals surface area contributed by atoms with E-state index in [-0.39, 0.29) is 28.1 Å². The van der Waals surface area contributed by atoms with E-state index in [9.17, 15) is 8.78 Å². The second kappa shape index (κ2) is 5.97. The molecule has 0 aliphatic carbocycles. The third kappa shape index (κ3) is 2.73. The molecule has 108 valence electrons. The van der Waals surface area contributed by atoms with Crippen LogP contribution in [0.5, 0.6) is 0 Å². The second-order valence-corrected chi connectivity index (χ2v) is 5.38. The maximum Gasteiger partial charge on any atom is 0.244 e. The molecule has 0 bridgehead atoms. The molecule has 0 spiro atoms. The van der Waals surface area contributed by atoms with E-state index in [4.69, 9.17) is 10.3 Å². The lowest BCUT2D eigenvalue weighted by molar-refractivity contribution is 0.312. The van der Waals surface area contributed by atoms with Crippen LogP contribution in [0.25, 0.3) is 11.4 Å². The summed E-state index contributed by atoms with van der Waals surface area (Å²) < 4.78 is 31.6. The Balaban J connectivity index is 2.36. The molecule has 0 radical (unpaired) electrons. The van der Waals surface area contributed by atoms with Crippen LogP contribution in [0.3, 0.4) is 0 Å². The van der Waals surface area contributed by atoms with Crippen molar-refractivity contribution in [3.8, 4) is 11.4 Å². The van der Waals surface area contributed by atoms with E-state index in [1.807, 2.05) is 13.8 Å². The Hall–Kier alpha value is -1.34. The predicted octanol–water partition coefficient (Wildman–Crippen LogP) is 3.82. The van der Waals surface area contributed by atoms with Crippen molar-refractivity contribution in [1.29, 1.82) is 0 Å². The molecule has 1 heterocycles. The van der Waals surface area contributed by atoms with Gasteiger partial charge in [-0.15, -0.1) is 0 Å². The third-order valence-electron chi connectivity index (χ3n) is 3.26. The Morgan fingerprint density at radius 3 is 2.75 bits per heavy atom. The van der Waals surface area contributed by atoms with Crippen molar-refractivity contribution in [2.24, 2.45) is 11.7 Å². The molecule has 0 fully saturated rings. The van der Waals surface area contributed by atoms with Crippen molar-refractivity contribution in [3.63, 3.8) is 0 Å². The number of nitrogens with two attached hydrogens (primary N) is 1. The molecule has 4 nitrogen and oxygen atoms in total. The highest BCUT2D eigenvalue weighted by Crippen LogP contribution is 2.31. The van der Waals surface area contributed by atoms with E-state index >= 15 is 0 Å². The molecule has 0 unspecified atom stereocenters. The van der Waals surface area contributed by atoms with Gasteiger partial charge >= 0.3 is 0 Å². The highest BCUT2D eigenvalue weighted by Gasteiger charge is 2.22. The Labute approximate surface area is 123 Å². The first kappa shape index (κ1) is 15.1. The topological polar surface area (TPSA) is 64.9 Å². The molecule has 7 heteroatoms. The van der Waals surface area contributed by atoms with Gasteiger partial charge in [0.25, 0.3) is 0 Å². The van der Waals surface area contributed by atoms with Gasteiger partial charge in [-0.05, 0) is 34.0 Å². The number of hydrogen-bond acceptors (Lipinski definition) is 4. The van der Waals surface area contributed by atoms with Crippen molar-refractivity contribution < 1.29 is 13.3 Å². The molecule has 2 aromatic rings.